The van der Waals surface area contributed by atoms with Crippen LogP contribution in [0.2, 0.25) is 5.02 Å². The van der Waals surface area contributed by atoms with Crippen molar-refractivity contribution < 1.29 is 19.5 Å². The van der Waals surface area contributed by atoms with Crippen LogP contribution >= 0.6 is 35.3 Å². The third-order valence-corrected chi connectivity index (χ3v) is 5.96. The Bertz CT molecular complexity index is 896. The predicted octanol–water partition coefficient (Wildman–Crippen LogP) is 2.72. The second kappa shape index (κ2) is 9.52. The van der Waals surface area contributed by atoms with Gasteiger partial charge in [-0.25, -0.2) is 0 Å². The molecule has 1 aromatic heterocycles. The van der Waals surface area contributed by atoms with E-state index in [1.54, 1.807) is 24.3 Å². The highest BCUT2D eigenvalue weighted by Gasteiger charge is 2.28. The number of hydrogen-bond acceptors (Lipinski definition) is 5. The summed E-state index contributed by atoms with van der Waals surface area (Å²) in [6, 6.07) is 7.08. The average Bonchev–Trinajstić information content (AvgIpc) is 2.93. The molecular weight excluding hydrogens is 423 g/mol. The van der Waals surface area contributed by atoms with Gasteiger partial charge < -0.3 is 10.8 Å². The maximum Gasteiger partial charge on any atom is 0.317 e. The van der Waals surface area contributed by atoms with E-state index in [1.807, 2.05) is 4.90 Å². The predicted molar refractivity (Wildman–Crippen MR) is 111 cm³/mol. The Morgan fingerprint density at radius 3 is 2.46 bits per heavy atom. The second-order valence-electron chi connectivity index (χ2n) is 6.54. The van der Waals surface area contributed by atoms with Gasteiger partial charge in [0.05, 0.1) is 12.1 Å². The van der Waals surface area contributed by atoms with E-state index in [4.69, 9.17) is 22.4 Å². The summed E-state index contributed by atoms with van der Waals surface area (Å²) < 4.78 is 0. The number of hydrogen-bond donors (Lipinski definition) is 2. The maximum absolute atomic E-state index is 12.5. The number of carbonyl (C=O) groups is 3. The van der Waals surface area contributed by atoms with Crippen molar-refractivity contribution in [1.29, 1.82) is 0 Å². The summed E-state index contributed by atoms with van der Waals surface area (Å²) in [6.45, 7) is 0.959. The zero-order chi connectivity index (χ0) is 19.6. The third kappa shape index (κ3) is 5.32. The SMILES string of the molecule is Cl.NC(=O)c1c(CC(=O)Cc2ccc(Cl)cc2)sc2c1CCN(CC(=O)O)C2. The van der Waals surface area contributed by atoms with Crippen LogP contribution in [0, 0.1) is 0 Å². The Morgan fingerprint density at radius 1 is 1.18 bits per heavy atom. The number of amides is 1. The van der Waals surface area contributed by atoms with Crippen LogP contribution < -0.4 is 5.73 Å². The molecule has 0 bridgehead atoms. The molecule has 3 N–H and O–H groups in total. The molecular formula is C19H20Cl2N2O4S. The lowest BCUT2D eigenvalue weighted by Crippen LogP contribution is -2.34. The smallest absolute Gasteiger partial charge is 0.317 e. The number of nitrogens with zero attached hydrogens (tertiary/aromatic N) is 1. The summed E-state index contributed by atoms with van der Waals surface area (Å²) >= 11 is 7.24. The highest BCUT2D eigenvalue weighted by Crippen LogP contribution is 2.33. The number of ketones is 1. The van der Waals surface area contributed by atoms with Crippen molar-refractivity contribution in [2.45, 2.75) is 25.8 Å². The molecule has 28 heavy (non-hydrogen) atoms. The summed E-state index contributed by atoms with van der Waals surface area (Å²) in [5, 5.41) is 9.58. The molecule has 3 rings (SSSR count). The molecule has 9 heteroatoms. The zero-order valence-electron chi connectivity index (χ0n) is 14.9. The lowest BCUT2D eigenvalue weighted by Gasteiger charge is -2.25. The van der Waals surface area contributed by atoms with E-state index in [1.165, 1.54) is 11.3 Å². The summed E-state index contributed by atoms with van der Waals surface area (Å²) in [7, 11) is 0. The first kappa shape index (κ1) is 22.4. The lowest BCUT2D eigenvalue weighted by molar-refractivity contribution is -0.138. The molecule has 1 aromatic carbocycles. The van der Waals surface area contributed by atoms with Crippen molar-refractivity contribution in [3.05, 3.63) is 55.7 Å². The topological polar surface area (TPSA) is 101 Å². The average molecular weight is 443 g/mol. The van der Waals surface area contributed by atoms with E-state index in [-0.39, 0.29) is 37.6 Å². The van der Waals surface area contributed by atoms with Crippen LogP contribution in [-0.4, -0.2) is 40.8 Å². The number of nitrogens with two attached hydrogens (primary N) is 1. The van der Waals surface area contributed by atoms with Gasteiger partial charge in [-0.3, -0.25) is 19.3 Å². The van der Waals surface area contributed by atoms with E-state index in [2.05, 4.69) is 0 Å². The van der Waals surface area contributed by atoms with Crippen LogP contribution in [0.4, 0.5) is 0 Å². The van der Waals surface area contributed by atoms with Crippen molar-refractivity contribution in [2.24, 2.45) is 5.73 Å². The van der Waals surface area contributed by atoms with Crippen LogP contribution in [0.25, 0.3) is 0 Å². The Morgan fingerprint density at radius 2 is 1.86 bits per heavy atom. The number of primary amides is 1. The minimum absolute atomic E-state index is 0. The largest absolute Gasteiger partial charge is 0.480 e. The minimum Gasteiger partial charge on any atom is -0.480 e. The number of benzene rings is 1. The van der Waals surface area contributed by atoms with E-state index in [9.17, 15) is 14.4 Å². The fraction of sp³-hybridized carbons (Fsp3) is 0.316. The maximum atomic E-state index is 12.5. The number of carbonyl (C=O) groups excluding carboxylic acids is 2. The van der Waals surface area contributed by atoms with Gasteiger partial charge >= 0.3 is 5.97 Å². The van der Waals surface area contributed by atoms with Gasteiger partial charge in [0.2, 0.25) is 5.91 Å². The highest BCUT2D eigenvalue weighted by atomic mass is 35.5. The highest BCUT2D eigenvalue weighted by molar-refractivity contribution is 7.12. The monoisotopic (exact) mass is 442 g/mol. The number of fused-ring (bicyclic) bond motifs is 1. The number of rotatable bonds is 7. The second-order valence-corrected chi connectivity index (χ2v) is 8.17. The third-order valence-electron chi connectivity index (χ3n) is 4.49. The first-order chi connectivity index (χ1) is 12.8. The number of carboxylic acid groups (broad SMARTS) is 1. The van der Waals surface area contributed by atoms with E-state index in [0.717, 1.165) is 16.0 Å². The number of aliphatic carboxylic acids is 1. The summed E-state index contributed by atoms with van der Waals surface area (Å²) in [5.74, 6) is -1.43. The van der Waals surface area contributed by atoms with Crippen LogP contribution in [0.5, 0.6) is 0 Å². The molecule has 2 aromatic rings. The van der Waals surface area contributed by atoms with Crippen molar-refractivity contribution >= 4 is 53.0 Å². The lowest BCUT2D eigenvalue weighted by atomic mass is 9.98. The Kier molecular flexibility index (Phi) is 7.60. The van der Waals surface area contributed by atoms with Crippen molar-refractivity contribution in [1.82, 2.24) is 4.90 Å². The van der Waals surface area contributed by atoms with Gasteiger partial charge in [-0.2, -0.15) is 0 Å². The molecule has 0 fully saturated rings. The molecule has 1 aliphatic rings. The van der Waals surface area contributed by atoms with Crippen molar-refractivity contribution in [3.8, 4) is 0 Å². The van der Waals surface area contributed by atoms with Gasteiger partial charge in [-0.1, -0.05) is 23.7 Å². The van der Waals surface area contributed by atoms with Gasteiger partial charge in [-0.15, -0.1) is 23.7 Å². The number of halogens is 2. The standard InChI is InChI=1S/C19H19ClN2O4S.ClH/c20-12-3-1-11(2-4-12)7-13(23)8-15-18(19(21)26)14-5-6-22(10-17(24)25)9-16(14)27-15;/h1-4H,5-10H2,(H2,21,26)(H,24,25);1H. The number of thiophene rings is 1. The quantitative estimate of drug-likeness (QED) is 0.686. The van der Waals surface area contributed by atoms with Gasteiger partial charge in [0, 0.05) is 40.7 Å². The fourth-order valence-electron chi connectivity index (χ4n) is 3.32. The molecule has 6 nitrogen and oxygen atoms in total. The van der Waals surface area contributed by atoms with Crippen LogP contribution in [0.15, 0.2) is 24.3 Å². The first-order valence-corrected chi connectivity index (χ1v) is 9.66. The van der Waals surface area contributed by atoms with Gasteiger partial charge in [-0.05, 0) is 29.7 Å². The van der Waals surface area contributed by atoms with E-state index in [0.29, 0.717) is 35.0 Å². The normalized spacial score (nSPS) is 13.5. The summed E-state index contributed by atoms with van der Waals surface area (Å²) in [6.07, 6.45) is 0.948. The minimum atomic E-state index is -0.886. The fourth-order valence-corrected chi connectivity index (χ4v) is 4.88. The first-order valence-electron chi connectivity index (χ1n) is 8.47. The van der Waals surface area contributed by atoms with E-state index >= 15 is 0 Å². The summed E-state index contributed by atoms with van der Waals surface area (Å²) in [4.78, 5) is 38.8. The van der Waals surface area contributed by atoms with Gasteiger partial charge in [0.1, 0.15) is 5.78 Å². The Balaban J connectivity index is 0.00000280. The Labute approximate surface area is 177 Å². The van der Waals surface area contributed by atoms with Crippen LogP contribution in [0.1, 0.15) is 31.2 Å². The molecule has 0 saturated heterocycles. The molecule has 1 aliphatic heterocycles. The Hall–Kier alpha value is -1.93. The summed E-state index contributed by atoms with van der Waals surface area (Å²) in [5.41, 5.74) is 7.74. The van der Waals surface area contributed by atoms with Crippen LogP contribution in [0.3, 0.4) is 0 Å². The van der Waals surface area contributed by atoms with Crippen LogP contribution in [-0.2, 0) is 35.4 Å². The van der Waals surface area contributed by atoms with Gasteiger partial charge in [0.25, 0.3) is 0 Å². The van der Waals surface area contributed by atoms with E-state index < -0.39 is 11.9 Å². The molecule has 150 valence electrons. The van der Waals surface area contributed by atoms with Crippen molar-refractivity contribution in [2.75, 3.05) is 13.1 Å². The molecule has 1 amide bonds. The number of Topliss-reactive ketones (excluding diaryl/α,β-unsaturated/α-hetero) is 1. The molecule has 2 heterocycles. The molecule has 0 unspecified atom stereocenters. The van der Waals surface area contributed by atoms with Crippen molar-refractivity contribution in [3.63, 3.8) is 0 Å². The molecule has 0 atom stereocenters. The zero-order valence-corrected chi connectivity index (χ0v) is 17.3. The van der Waals surface area contributed by atoms with Gasteiger partial charge in [0.15, 0.2) is 0 Å². The molecule has 0 radical (unpaired) electrons. The molecule has 0 spiro atoms. The number of carboxylic acids is 1. The molecule has 0 saturated carbocycles. The molecule has 0 aliphatic carbocycles.